The van der Waals surface area contributed by atoms with Crippen LogP contribution in [0.3, 0.4) is 0 Å². The van der Waals surface area contributed by atoms with E-state index in [-0.39, 0.29) is 0 Å². The lowest BCUT2D eigenvalue weighted by atomic mass is 10.2. The Bertz CT molecular complexity index is 723. The molecule has 1 atom stereocenters. The van der Waals surface area contributed by atoms with Crippen molar-refractivity contribution in [3.8, 4) is 5.88 Å². The van der Waals surface area contributed by atoms with Gasteiger partial charge >= 0.3 is 0 Å². The maximum Gasteiger partial charge on any atom is 0.213 e. The van der Waals surface area contributed by atoms with Gasteiger partial charge in [-0.1, -0.05) is 24.3 Å². The van der Waals surface area contributed by atoms with E-state index in [1.54, 1.807) is 7.11 Å². The van der Waals surface area contributed by atoms with E-state index in [4.69, 9.17) is 4.74 Å². The van der Waals surface area contributed by atoms with Crippen LogP contribution in [0.4, 0.5) is 0 Å². The summed E-state index contributed by atoms with van der Waals surface area (Å²) in [5, 5.41) is 3.42. The highest BCUT2D eigenvalue weighted by Gasteiger charge is 2.24. The summed E-state index contributed by atoms with van der Waals surface area (Å²) in [6, 6.07) is 16.4. The van der Waals surface area contributed by atoms with Crippen molar-refractivity contribution < 1.29 is 4.74 Å². The van der Waals surface area contributed by atoms with Gasteiger partial charge in [-0.05, 0) is 30.5 Å². The number of methoxy groups -OCH3 is 1. The van der Waals surface area contributed by atoms with Crippen molar-refractivity contribution in [2.24, 2.45) is 10.9 Å². The number of nitrogens with zero attached hydrogens (tertiary/aromatic N) is 3. The molecule has 1 aliphatic heterocycles. The summed E-state index contributed by atoms with van der Waals surface area (Å²) in [6.07, 6.45) is 1.21. The third-order valence-corrected chi connectivity index (χ3v) is 5.69. The molecule has 1 saturated heterocycles. The van der Waals surface area contributed by atoms with Gasteiger partial charge in [0.15, 0.2) is 5.96 Å². The molecular weight excluding hydrogens is 344 g/mol. The monoisotopic (exact) mass is 370 g/mol. The molecule has 0 spiro atoms. The summed E-state index contributed by atoms with van der Waals surface area (Å²) in [4.78, 5) is 12.6. The summed E-state index contributed by atoms with van der Waals surface area (Å²) in [6.45, 7) is 2.74. The lowest BCUT2D eigenvalue weighted by Gasteiger charge is -2.21. The third-order valence-electron chi connectivity index (χ3n) is 4.44. The van der Waals surface area contributed by atoms with Crippen molar-refractivity contribution in [3.63, 3.8) is 0 Å². The molecule has 2 heterocycles. The first kappa shape index (κ1) is 18.6. The highest BCUT2D eigenvalue weighted by molar-refractivity contribution is 7.99. The topological polar surface area (TPSA) is 49.8 Å². The van der Waals surface area contributed by atoms with Crippen LogP contribution in [0.1, 0.15) is 12.1 Å². The average Bonchev–Trinajstić information content (AvgIpc) is 3.17. The molecule has 0 radical (unpaired) electrons. The van der Waals surface area contributed by atoms with E-state index in [0.29, 0.717) is 18.3 Å². The maximum atomic E-state index is 5.18. The molecule has 0 aliphatic carbocycles. The molecule has 1 unspecified atom stereocenters. The fourth-order valence-corrected chi connectivity index (χ4v) is 4.11. The van der Waals surface area contributed by atoms with Gasteiger partial charge in [0, 0.05) is 36.9 Å². The predicted molar refractivity (Wildman–Crippen MR) is 108 cm³/mol. The lowest BCUT2D eigenvalue weighted by Crippen LogP contribution is -2.39. The quantitative estimate of drug-likeness (QED) is 0.480. The fraction of sp³-hybridized carbons (Fsp3) is 0.400. The third kappa shape index (κ3) is 5.14. The van der Waals surface area contributed by atoms with Crippen LogP contribution >= 0.6 is 11.8 Å². The summed E-state index contributed by atoms with van der Waals surface area (Å²) < 4.78 is 5.18. The SMILES string of the molecule is CN=C(NCc1cccc(OC)n1)N1CCC(CSc2ccccc2)C1. The number of pyridine rings is 1. The second-order valence-electron chi connectivity index (χ2n) is 6.30. The number of rotatable bonds is 6. The summed E-state index contributed by atoms with van der Waals surface area (Å²) in [5.74, 6) is 3.42. The van der Waals surface area contributed by atoms with Crippen LogP contribution in [-0.4, -0.2) is 48.8 Å². The molecule has 1 aromatic carbocycles. The molecule has 2 aromatic rings. The highest BCUT2D eigenvalue weighted by atomic mass is 32.2. The Hall–Kier alpha value is -2.21. The highest BCUT2D eigenvalue weighted by Crippen LogP contribution is 2.25. The normalized spacial score (nSPS) is 17.4. The number of nitrogens with one attached hydrogen (secondary N) is 1. The van der Waals surface area contributed by atoms with Crippen molar-refractivity contribution in [2.45, 2.75) is 17.9 Å². The van der Waals surface area contributed by atoms with E-state index in [0.717, 1.165) is 30.5 Å². The minimum absolute atomic E-state index is 0.637. The molecule has 1 aliphatic rings. The van der Waals surface area contributed by atoms with Crippen molar-refractivity contribution in [1.29, 1.82) is 0 Å². The maximum absolute atomic E-state index is 5.18. The Balaban J connectivity index is 1.48. The number of benzene rings is 1. The Kier molecular flexibility index (Phi) is 6.77. The largest absolute Gasteiger partial charge is 0.481 e. The molecule has 26 heavy (non-hydrogen) atoms. The van der Waals surface area contributed by atoms with Gasteiger partial charge in [-0.15, -0.1) is 11.8 Å². The van der Waals surface area contributed by atoms with Gasteiger partial charge in [-0.3, -0.25) is 4.99 Å². The van der Waals surface area contributed by atoms with Crippen LogP contribution in [0.5, 0.6) is 5.88 Å². The second-order valence-corrected chi connectivity index (χ2v) is 7.39. The first-order chi connectivity index (χ1) is 12.8. The molecular formula is C20H26N4OS. The zero-order valence-electron chi connectivity index (χ0n) is 15.4. The fourth-order valence-electron chi connectivity index (χ4n) is 3.06. The number of likely N-dealkylation sites (tertiary alicyclic amines) is 1. The molecule has 0 saturated carbocycles. The van der Waals surface area contributed by atoms with E-state index >= 15 is 0 Å². The Labute approximate surface area is 159 Å². The van der Waals surface area contributed by atoms with Crippen molar-refractivity contribution >= 4 is 17.7 Å². The van der Waals surface area contributed by atoms with Crippen LogP contribution < -0.4 is 10.1 Å². The summed E-state index contributed by atoms with van der Waals surface area (Å²) in [7, 11) is 3.48. The average molecular weight is 371 g/mol. The molecule has 138 valence electrons. The van der Waals surface area contributed by atoms with Crippen molar-refractivity contribution in [3.05, 3.63) is 54.2 Å². The Morgan fingerprint density at radius 3 is 2.88 bits per heavy atom. The predicted octanol–water partition coefficient (Wildman–Crippen LogP) is 3.28. The van der Waals surface area contributed by atoms with Crippen LogP contribution in [0.15, 0.2) is 58.4 Å². The van der Waals surface area contributed by atoms with E-state index in [1.807, 2.05) is 37.0 Å². The zero-order valence-corrected chi connectivity index (χ0v) is 16.2. The number of aliphatic imine (C=N–C) groups is 1. The lowest BCUT2D eigenvalue weighted by molar-refractivity contribution is 0.396. The number of ether oxygens (including phenoxy) is 1. The first-order valence-electron chi connectivity index (χ1n) is 8.92. The van der Waals surface area contributed by atoms with Crippen LogP contribution in [-0.2, 0) is 6.54 Å². The number of thioether (sulfide) groups is 1. The van der Waals surface area contributed by atoms with Gasteiger partial charge in [0.05, 0.1) is 19.3 Å². The zero-order chi connectivity index (χ0) is 18.2. The van der Waals surface area contributed by atoms with Gasteiger partial charge in [0.1, 0.15) is 0 Å². The molecule has 3 rings (SSSR count). The van der Waals surface area contributed by atoms with Crippen LogP contribution in [0, 0.1) is 5.92 Å². The van der Waals surface area contributed by atoms with Crippen molar-refractivity contribution in [1.82, 2.24) is 15.2 Å². The molecule has 0 bridgehead atoms. The minimum atomic E-state index is 0.637. The van der Waals surface area contributed by atoms with Crippen LogP contribution in [0.2, 0.25) is 0 Å². The molecule has 0 amide bonds. The number of aromatic nitrogens is 1. The van der Waals surface area contributed by atoms with Gasteiger partial charge in [-0.25, -0.2) is 4.98 Å². The molecule has 1 aromatic heterocycles. The van der Waals surface area contributed by atoms with Crippen LogP contribution in [0.25, 0.3) is 0 Å². The van der Waals surface area contributed by atoms with Crippen molar-refractivity contribution in [2.75, 3.05) is 33.0 Å². The van der Waals surface area contributed by atoms with E-state index < -0.39 is 0 Å². The number of hydrogen-bond acceptors (Lipinski definition) is 4. The minimum Gasteiger partial charge on any atom is -0.481 e. The number of hydrogen-bond donors (Lipinski definition) is 1. The van der Waals surface area contributed by atoms with Gasteiger partial charge < -0.3 is 15.0 Å². The van der Waals surface area contributed by atoms with E-state index in [1.165, 1.54) is 11.3 Å². The van der Waals surface area contributed by atoms with E-state index in [9.17, 15) is 0 Å². The molecule has 1 N–H and O–H groups in total. The molecule has 5 nitrogen and oxygen atoms in total. The first-order valence-corrected chi connectivity index (χ1v) is 9.90. The second kappa shape index (κ2) is 9.48. The number of guanidine groups is 1. The van der Waals surface area contributed by atoms with Gasteiger partial charge in [0.2, 0.25) is 5.88 Å². The smallest absolute Gasteiger partial charge is 0.213 e. The summed E-state index contributed by atoms with van der Waals surface area (Å²) in [5.41, 5.74) is 0.945. The van der Waals surface area contributed by atoms with Gasteiger partial charge in [-0.2, -0.15) is 0 Å². The Morgan fingerprint density at radius 1 is 1.27 bits per heavy atom. The molecule has 6 heteroatoms. The van der Waals surface area contributed by atoms with E-state index in [2.05, 4.69) is 50.5 Å². The summed E-state index contributed by atoms with van der Waals surface area (Å²) >= 11 is 1.94. The Morgan fingerprint density at radius 2 is 2.12 bits per heavy atom. The standard InChI is InChI=1S/C20H26N4OS/c1-21-20(22-13-17-7-6-10-19(23-17)25-2)24-12-11-16(14-24)15-26-18-8-4-3-5-9-18/h3-10,16H,11-15H2,1-2H3,(H,21,22). The molecule has 1 fully saturated rings. The van der Waals surface area contributed by atoms with Gasteiger partial charge in [0.25, 0.3) is 0 Å².